The summed E-state index contributed by atoms with van der Waals surface area (Å²) in [5.41, 5.74) is 2.79. The van der Waals surface area contributed by atoms with Gasteiger partial charge in [-0.15, -0.1) is 22.9 Å². The minimum atomic E-state index is -0.463. The number of hydrogen-bond donors (Lipinski definition) is 1. The standard InChI is InChI=1S/C8H11ClN2OS/c1-6(9)8(12)10-3-2-7-4-13-5-11-7/h4-6H,2-3H2,1H3,(H,10,12). The lowest BCUT2D eigenvalue weighted by Crippen LogP contribution is -2.31. The first-order valence-electron chi connectivity index (χ1n) is 3.99. The van der Waals surface area contributed by atoms with Gasteiger partial charge in [-0.2, -0.15) is 0 Å². The molecule has 1 aromatic heterocycles. The Balaban J connectivity index is 2.18. The van der Waals surface area contributed by atoms with E-state index in [2.05, 4.69) is 10.3 Å². The molecule has 1 heterocycles. The fourth-order valence-electron chi connectivity index (χ4n) is 0.815. The molecular formula is C8H11ClN2OS. The van der Waals surface area contributed by atoms with E-state index in [0.29, 0.717) is 6.54 Å². The van der Waals surface area contributed by atoms with Gasteiger partial charge < -0.3 is 5.32 Å². The maximum Gasteiger partial charge on any atom is 0.237 e. The minimum absolute atomic E-state index is 0.128. The van der Waals surface area contributed by atoms with Crippen LogP contribution in [0.25, 0.3) is 0 Å². The Morgan fingerprint density at radius 2 is 2.62 bits per heavy atom. The highest BCUT2D eigenvalue weighted by molar-refractivity contribution is 7.07. The molecule has 1 N–H and O–H groups in total. The van der Waals surface area contributed by atoms with Gasteiger partial charge in [-0.1, -0.05) is 0 Å². The molecule has 1 amide bonds. The van der Waals surface area contributed by atoms with Gasteiger partial charge in [0.2, 0.25) is 5.91 Å². The average molecular weight is 219 g/mol. The molecule has 0 spiro atoms. The lowest BCUT2D eigenvalue weighted by Gasteiger charge is -2.04. The monoisotopic (exact) mass is 218 g/mol. The Morgan fingerprint density at radius 1 is 1.85 bits per heavy atom. The fraction of sp³-hybridized carbons (Fsp3) is 0.500. The van der Waals surface area contributed by atoms with Gasteiger partial charge in [0.05, 0.1) is 11.2 Å². The summed E-state index contributed by atoms with van der Waals surface area (Å²) in [5.74, 6) is -0.128. The molecule has 0 fully saturated rings. The number of rotatable bonds is 4. The van der Waals surface area contributed by atoms with Crippen LogP contribution in [-0.4, -0.2) is 22.8 Å². The summed E-state index contributed by atoms with van der Waals surface area (Å²) in [6.07, 6.45) is 0.763. The van der Waals surface area contributed by atoms with Crippen molar-refractivity contribution >= 4 is 28.8 Å². The molecule has 3 nitrogen and oxygen atoms in total. The number of nitrogens with zero attached hydrogens (tertiary/aromatic N) is 1. The lowest BCUT2D eigenvalue weighted by atomic mass is 10.3. The normalized spacial score (nSPS) is 12.5. The number of aromatic nitrogens is 1. The number of hydrogen-bond acceptors (Lipinski definition) is 3. The van der Waals surface area contributed by atoms with Crippen molar-refractivity contribution in [1.29, 1.82) is 0 Å². The largest absolute Gasteiger partial charge is 0.354 e. The summed E-state index contributed by atoms with van der Waals surface area (Å²) in [4.78, 5) is 15.1. The molecule has 1 unspecified atom stereocenters. The molecule has 1 rings (SSSR count). The van der Waals surface area contributed by atoms with Gasteiger partial charge in [0, 0.05) is 18.3 Å². The Kier molecular flexibility index (Phi) is 4.18. The van der Waals surface area contributed by atoms with Crippen molar-refractivity contribution in [2.24, 2.45) is 0 Å². The van der Waals surface area contributed by atoms with Gasteiger partial charge in [-0.3, -0.25) is 4.79 Å². The molecule has 0 aliphatic carbocycles. The van der Waals surface area contributed by atoms with Crippen molar-refractivity contribution in [2.45, 2.75) is 18.7 Å². The maximum absolute atomic E-state index is 11.0. The number of amides is 1. The number of carbonyl (C=O) groups is 1. The van der Waals surface area contributed by atoms with Crippen molar-refractivity contribution in [3.63, 3.8) is 0 Å². The molecule has 0 radical (unpaired) electrons. The summed E-state index contributed by atoms with van der Waals surface area (Å²) in [7, 11) is 0. The number of halogens is 1. The van der Waals surface area contributed by atoms with E-state index >= 15 is 0 Å². The third kappa shape index (κ3) is 3.74. The summed E-state index contributed by atoms with van der Waals surface area (Å²) in [6, 6.07) is 0. The fourth-order valence-corrected chi connectivity index (χ4v) is 1.49. The lowest BCUT2D eigenvalue weighted by molar-refractivity contribution is -0.120. The van der Waals surface area contributed by atoms with Crippen LogP contribution in [0.4, 0.5) is 0 Å². The van der Waals surface area contributed by atoms with Crippen LogP contribution in [-0.2, 0) is 11.2 Å². The molecular weight excluding hydrogens is 208 g/mol. The Labute approximate surface area is 86.1 Å². The molecule has 72 valence electrons. The molecule has 0 aliphatic heterocycles. The first-order valence-corrected chi connectivity index (χ1v) is 5.37. The molecule has 0 aromatic carbocycles. The predicted octanol–water partition coefficient (Wildman–Crippen LogP) is 1.43. The summed E-state index contributed by atoms with van der Waals surface area (Å²) in [6.45, 7) is 2.25. The van der Waals surface area contributed by atoms with Crippen LogP contribution in [0.1, 0.15) is 12.6 Å². The minimum Gasteiger partial charge on any atom is -0.354 e. The Bertz CT molecular complexity index is 261. The van der Waals surface area contributed by atoms with Crippen molar-refractivity contribution in [3.8, 4) is 0 Å². The maximum atomic E-state index is 11.0. The summed E-state index contributed by atoms with van der Waals surface area (Å²) in [5, 5.41) is 4.22. The van der Waals surface area contributed by atoms with Crippen LogP contribution in [0, 0.1) is 0 Å². The molecule has 0 aliphatic rings. The average Bonchev–Trinajstić information content (AvgIpc) is 2.56. The summed E-state index contributed by atoms with van der Waals surface area (Å²) < 4.78 is 0. The van der Waals surface area contributed by atoms with Crippen molar-refractivity contribution < 1.29 is 4.79 Å². The Morgan fingerprint density at radius 3 is 3.15 bits per heavy atom. The van der Waals surface area contributed by atoms with Crippen molar-refractivity contribution in [2.75, 3.05) is 6.54 Å². The quantitative estimate of drug-likeness (QED) is 0.777. The number of nitrogens with one attached hydrogen (secondary N) is 1. The Hall–Kier alpha value is -0.610. The number of thiazole rings is 1. The van der Waals surface area contributed by atoms with Gasteiger partial charge in [0.15, 0.2) is 0 Å². The zero-order valence-corrected chi connectivity index (χ0v) is 8.86. The van der Waals surface area contributed by atoms with E-state index in [0.717, 1.165) is 12.1 Å². The first kappa shape index (κ1) is 10.5. The number of alkyl halides is 1. The molecule has 0 bridgehead atoms. The van der Waals surface area contributed by atoms with Gasteiger partial charge in [0.1, 0.15) is 5.38 Å². The molecule has 0 saturated carbocycles. The third-order valence-electron chi connectivity index (χ3n) is 1.53. The van der Waals surface area contributed by atoms with Crippen LogP contribution in [0.15, 0.2) is 10.9 Å². The predicted molar refractivity (Wildman–Crippen MR) is 54.1 cm³/mol. The molecule has 1 atom stereocenters. The van der Waals surface area contributed by atoms with Gasteiger partial charge in [-0.25, -0.2) is 4.98 Å². The second-order valence-electron chi connectivity index (χ2n) is 2.64. The van der Waals surface area contributed by atoms with Crippen LogP contribution in [0.5, 0.6) is 0 Å². The van der Waals surface area contributed by atoms with Gasteiger partial charge >= 0.3 is 0 Å². The highest BCUT2D eigenvalue weighted by Gasteiger charge is 2.07. The van der Waals surface area contributed by atoms with E-state index in [9.17, 15) is 4.79 Å². The SMILES string of the molecule is CC(Cl)C(=O)NCCc1cscn1. The highest BCUT2D eigenvalue weighted by atomic mass is 35.5. The van der Waals surface area contributed by atoms with Gasteiger partial charge in [-0.05, 0) is 6.92 Å². The molecule has 13 heavy (non-hydrogen) atoms. The van der Waals surface area contributed by atoms with Crippen LogP contribution in [0.2, 0.25) is 0 Å². The first-order chi connectivity index (χ1) is 6.20. The van der Waals surface area contributed by atoms with Gasteiger partial charge in [0.25, 0.3) is 0 Å². The van der Waals surface area contributed by atoms with Crippen molar-refractivity contribution in [1.82, 2.24) is 10.3 Å². The second kappa shape index (κ2) is 5.19. The molecule has 0 saturated heterocycles. The zero-order chi connectivity index (χ0) is 9.68. The third-order valence-corrected chi connectivity index (χ3v) is 2.36. The van der Waals surface area contributed by atoms with E-state index in [-0.39, 0.29) is 5.91 Å². The number of carbonyl (C=O) groups excluding carboxylic acids is 1. The zero-order valence-electron chi connectivity index (χ0n) is 7.29. The van der Waals surface area contributed by atoms with Crippen molar-refractivity contribution in [3.05, 3.63) is 16.6 Å². The van der Waals surface area contributed by atoms with E-state index < -0.39 is 5.38 Å². The topological polar surface area (TPSA) is 42.0 Å². The highest BCUT2D eigenvalue weighted by Crippen LogP contribution is 2.00. The van der Waals surface area contributed by atoms with E-state index in [1.807, 2.05) is 5.38 Å². The molecule has 1 aromatic rings. The smallest absolute Gasteiger partial charge is 0.237 e. The van der Waals surface area contributed by atoms with Crippen LogP contribution in [0.3, 0.4) is 0 Å². The molecule has 5 heteroatoms. The summed E-state index contributed by atoms with van der Waals surface area (Å²) >= 11 is 7.12. The van der Waals surface area contributed by atoms with E-state index in [4.69, 9.17) is 11.6 Å². The van der Waals surface area contributed by atoms with Crippen LogP contribution >= 0.6 is 22.9 Å². The van der Waals surface area contributed by atoms with E-state index in [1.165, 1.54) is 0 Å². The van der Waals surface area contributed by atoms with Crippen LogP contribution < -0.4 is 5.32 Å². The second-order valence-corrected chi connectivity index (χ2v) is 4.01. The van der Waals surface area contributed by atoms with E-state index in [1.54, 1.807) is 23.8 Å².